The second kappa shape index (κ2) is 6.39. The molecule has 1 aliphatic rings. The van der Waals surface area contributed by atoms with Gasteiger partial charge in [-0.1, -0.05) is 31.3 Å². The molecule has 0 N–H and O–H groups in total. The molecule has 2 rings (SSSR count). The molecule has 17 heavy (non-hydrogen) atoms. The normalized spacial score (nSPS) is 25.1. The summed E-state index contributed by atoms with van der Waals surface area (Å²) in [5.74, 6) is 3.15. The summed E-state index contributed by atoms with van der Waals surface area (Å²) in [6, 6.07) is 0. The van der Waals surface area contributed by atoms with Crippen molar-refractivity contribution in [3.63, 3.8) is 0 Å². The van der Waals surface area contributed by atoms with Gasteiger partial charge in [0.15, 0.2) is 5.82 Å². The van der Waals surface area contributed by atoms with Crippen molar-refractivity contribution < 1.29 is 4.52 Å². The number of aromatic nitrogens is 2. The van der Waals surface area contributed by atoms with Gasteiger partial charge in [-0.15, -0.1) is 11.6 Å². The maximum atomic E-state index is 5.67. The van der Waals surface area contributed by atoms with E-state index in [4.69, 9.17) is 16.1 Å². The molecular formula is C13H21ClN2O. The molecule has 0 aliphatic heterocycles. The van der Waals surface area contributed by atoms with Crippen LogP contribution in [0.25, 0.3) is 0 Å². The quantitative estimate of drug-likeness (QED) is 0.739. The maximum absolute atomic E-state index is 5.67. The van der Waals surface area contributed by atoms with E-state index in [0.717, 1.165) is 11.8 Å². The standard InChI is InChI=1S/C13H21ClN2O/c1-2-3-4-10-5-7-11(8-6-10)13-15-12(9-14)16-17-13/h10-11H,2-9H2,1H3. The topological polar surface area (TPSA) is 38.9 Å². The molecule has 0 bridgehead atoms. The summed E-state index contributed by atoms with van der Waals surface area (Å²) < 4.78 is 5.27. The molecule has 1 aromatic rings. The van der Waals surface area contributed by atoms with Crippen molar-refractivity contribution in [2.24, 2.45) is 5.92 Å². The molecule has 0 saturated heterocycles. The Morgan fingerprint density at radius 2 is 2.06 bits per heavy atom. The van der Waals surface area contributed by atoms with E-state index in [1.165, 1.54) is 44.9 Å². The number of nitrogens with zero attached hydrogens (tertiary/aromatic N) is 2. The van der Waals surface area contributed by atoms with Crippen molar-refractivity contribution in [1.29, 1.82) is 0 Å². The highest BCUT2D eigenvalue weighted by molar-refractivity contribution is 6.16. The lowest BCUT2D eigenvalue weighted by Crippen LogP contribution is -2.13. The van der Waals surface area contributed by atoms with Crippen molar-refractivity contribution >= 4 is 11.6 Å². The minimum Gasteiger partial charge on any atom is -0.339 e. The van der Waals surface area contributed by atoms with E-state index in [0.29, 0.717) is 17.6 Å². The van der Waals surface area contributed by atoms with E-state index in [2.05, 4.69) is 17.1 Å². The number of alkyl halides is 1. The van der Waals surface area contributed by atoms with Gasteiger partial charge in [0, 0.05) is 5.92 Å². The summed E-state index contributed by atoms with van der Waals surface area (Å²) >= 11 is 5.67. The highest BCUT2D eigenvalue weighted by atomic mass is 35.5. The molecule has 96 valence electrons. The molecule has 0 atom stereocenters. The van der Waals surface area contributed by atoms with Crippen molar-refractivity contribution in [2.75, 3.05) is 0 Å². The second-order valence-electron chi connectivity index (χ2n) is 5.04. The Hall–Kier alpha value is -0.570. The molecule has 4 heteroatoms. The molecule has 0 radical (unpaired) electrons. The fourth-order valence-electron chi connectivity index (χ4n) is 2.68. The maximum Gasteiger partial charge on any atom is 0.229 e. The third-order valence-electron chi connectivity index (χ3n) is 3.77. The molecule has 1 aromatic heterocycles. The zero-order valence-electron chi connectivity index (χ0n) is 10.5. The van der Waals surface area contributed by atoms with E-state index in [1.807, 2.05) is 0 Å². The Kier molecular flexibility index (Phi) is 4.84. The van der Waals surface area contributed by atoms with E-state index in [-0.39, 0.29) is 0 Å². The van der Waals surface area contributed by atoms with Gasteiger partial charge < -0.3 is 4.52 Å². The molecular weight excluding hydrogens is 236 g/mol. The second-order valence-corrected chi connectivity index (χ2v) is 5.31. The summed E-state index contributed by atoms with van der Waals surface area (Å²) in [7, 11) is 0. The molecule has 0 amide bonds. The lowest BCUT2D eigenvalue weighted by atomic mass is 9.80. The van der Waals surface area contributed by atoms with E-state index >= 15 is 0 Å². The fraction of sp³-hybridized carbons (Fsp3) is 0.846. The first kappa shape index (κ1) is 12.9. The first-order valence-corrected chi connectivity index (χ1v) is 7.25. The van der Waals surface area contributed by atoms with Gasteiger partial charge in [0.05, 0.1) is 5.88 Å². The van der Waals surface area contributed by atoms with Crippen LogP contribution < -0.4 is 0 Å². The first-order valence-electron chi connectivity index (χ1n) is 6.72. The van der Waals surface area contributed by atoms with Gasteiger partial charge in [-0.05, 0) is 31.6 Å². The van der Waals surface area contributed by atoms with Crippen LogP contribution in [0.5, 0.6) is 0 Å². The van der Waals surface area contributed by atoms with Gasteiger partial charge in [-0.2, -0.15) is 4.98 Å². The van der Waals surface area contributed by atoms with Gasteiger partial charge in [-0.3, -0.25) is 0 Å². The Labute approximate surface area is 108 Å². The van der Waals surface area contributed by atoms with E-state index in [1.54, 1.807) is 0 Å². The number of hydrogen-bond donors (Lipinski definition) is 0. The Morgan fingerprint density at radius 1 is 1.29 bits per heavy atom. The Morgan fingerprint density at radius 3 is 2.65 bits per heavy atom. The van der Waals surface area contributed by atoms with Crippen molar-refractivity contribution in [1.82, 2.24) is 10.1 Å². The van der Waals surface area contributed by atoms with Crippen LogP contribution in [0, 0.1) is 5.92 Å². The molecule has 0 spiro atoms. The molecule has 1 fully saturated rings. The number of rotatable bonds is 5. The largest absolute Gasteiger partial charge is 0.339 e. The van der Waals surface area contributed by atoms with Crippen LogP contribution in [0.15, 0.2) is 4.52 Å². The van der Waals surface area contributed by atoms with E-state index < -0.39 is 0 Å². The number of unbranched alkanes of at least 4 members (excludes halogenated alkanes) is 1. The van der Waals surface area contributed by atoms with Gasteiger partial charge >= 0.3 is 0 Å². The fourth-order valence-corrected chi connectivity index (χ4v) is 2.79. The van der Waals surface area contributed by atoms with Crippen molar-refractivity contribution in [3.05, 3.63) is 11.7 Å². The lowest BCUT2D eigenvalue weighted by molar-refractivity contribution is 0.260. The zero-order chi connectivity index (χ0) is 12.1. The van der Waals surface area contributed by atoms with Gasteiger partial charge in [0.25, 0.3) is 0 Å². The van der Waals surface area contributed by atoms with Crippen LogP contribution in [-0.4, -0.2) is 10.1 Å². The third-order valence-corrected chi connectivity index (χ3v) is 4.00. The van der Waals surface area contributed by atoms with Crippen LogP contribution in [0.4, 0.5) is 0 Å². The number of hydrogen-bond acceptors (Lipinski definition) is 3. The van der Waals surface area contributed by atoms with Crippen LogP contribution in [-0.2, 0) is 5.88 Å². The monoisotopic (exact) mass is 256 g/mol. The molecule has 1 aliphatic carbocycles. The summed E-state index contributed by atoms with van der Waals surface area (Å²) in [5.41, 5.74) is 0. The summed E-state index contributed by atoms with van der Waals surface area (Å²) in [6.45, 7) is 2.26. The third kappa shape index (κ3) is 3.44. The predicted octanol–water partition coefficient (Wildman–Crippen LogP) is 4.27. The predicted molar refractivity (Wildman–Crippen MR) is 68.1 cm³/mol. The van der Waals surface area contributed by atoms with Gasteiger partial charge in [0.1, 0.15) is 0 Å². The minimum absolute atomic E-state index is 0.343. The highest BCUT2D eigenvalue weighted by Crippen LogP contribution is 2.36. The average Bonchev–Trinajstić information content (AvgIpc) is 2.86. The smallest absolute Gasteiger partial charge is 0.229 e. The van der Waals surface area contributed by atoms with Crippen molar-refractivity contribution in [2.45, 2.75) is 63.7 Å². The Balaban J connectivity index is 1.82. The van der Waals surface area contributed by atoms with Crippen LogP contribution in [0.1, 0.15) is 69.5 Å². The summed E-state index contributed by atoms with van der Waals surface area (Å²) in [4.78, 5) is 4.33. The lowest BCUT2D eigenvalue weighted by Gasteiger charge is -2.26. The molecule has 0 unspecified atom stereocenters. The average molecular weight is 257 g/mol. The molecule has 1 saturated carbocycles. The van der Waals surface area contributed by atoms with Crippen LogP contribution >= 0.6 is 11.6 Å². The van der Waals surface area contributed by atoms with Gasteiger partial charge in [0.2, 0.25) is 5.89 Å². The number of halogens is 1. The summed E-state index contributed by atoms with van der Waals surface area (Å²) in [5, 5.41) is 3.86. The Bertz CT molecular complexity index is 332. The van der Waals surface area contributed by atoms with Crippen molar-refractivity contribution in [3.8, 4) is 0 Å². The molecule has 0 aromatic carbocycles. The van der Waals surface area contributed by atoms with Gasteiger partial charge in [-0.25, -0.2) is 0 Å². The summed E-state index contributed by atoms with van der Waals surface area (Å²) in [6.07, 6.45) is 9.07. The minimum atomic E-state index is 0.343. The van der Waals surface area contributed by atoms with E-state index in [9.17, 15) is 0 Å². The zero-order valence-corrected chi connectivity index (χ0v) is 11.2. The molecule has 1 heterocycles. The highest BCUT2D eigenvalue weighted by Gasteiger charge is 2.25. The molecule has 3 nitrogen and oxygen atoms in total. The first-order chi connectivity index (χ1) is 8.33. The van der Waals surface area contributed by atoms with Crippen LogP contribution in [0.2, 0.25) is 0 Å². The SMILES string of the molecule is CCCCC1CCC(c2nc(CCl)no2)CC1. The van der Waals surface area contributed by atoms with Crippen LogP contribution in [0.3, 0.4) is 0 Å².